The molecule has 5 aliphatic carbocycles. The molecule has 6 heteroatoms. The monoisotopic (exact) mass is 331 g/mol. The molecule has 3 N–H and O–H groups in total. The van der Waals surface area contributed by atoms with E-state index in [1.807, 2.05) is 0 Å². The van der Waals surface area contributed by atoms with E-state index >= 15 is 0 Å². The number of likely N-dealkylation sites (tertiary alicyclic amines) is 1. The smallest absolute Gasteiger partial charge is 0.269 e. The summed E-state index contributed by atoms with van der Waals surface area (Å²) in [6.07, 6.45) is 7.38. The third-order valence-electron chi connectivity index (χ3n) is 7.37. The Morgan fingerprint density at radius 2 is 1.88 bits per heavy atom. The van der Waals surface area contributed by atoms with E-state index < -0.39 is 11.0 Å². The highest BCUT2D eigenvalue weighted by Gasteiger charge is 2.62. The average Bonchev–Trinajstić information content (AvgIpc) is 3.15. The molecule has 6 nitrogen and oxygen atoms in total. The molecule has 0 radical (unpaired) electrons. The Bertz CT molecular complexity index is 619. The molecule has 4 bridgehead atoms. The maximum absolute atomic E-state index is 13.2. The van der Waals surface area contributed by atoms with E-state index in [1.165, 1.54) is 0 Å². The summed E-state index contributed by atoms with van der Waals surface area (Å²) in [5, 5.41) is 22.4. The first kappa shape index (κ1) is 14.9. The fraction of sp³-hybridized carbons (Fsp3) is 0.833. The first-order valence-corrected chi connectivity index (χ1v) is 9.27. The summed E-state index contributed by atoms with van der Waals surface area (Å²) in [6.45, 7) is 0. The zero-order chi connectivity index (χ0) is 16.7. The van der Waals surface area contributed by atoms with Crippen molar-refractivity contribution < 1.29 is 14.7 Å². The van der Waals surface area contributed by atoms with Crippen molar-refractivity contribution in [2.75, 3.05) is 0 Å². The van der Waals surface area contributed by atoms with Crippen molar-refractivity contribution in [1.29, 1.82) is 5.41 Å². The minimum absolute atomic E-state index is 0.195. The molecular weight excluding hydrogens is 306 g/mol. The maximum Gasteiger partial charge on any atom is 0.269 e. The van der Waals surface area contributed by atoms with Gasteiger partial charge in [-0.3, -0.25) is 15.0 Å². The molecule has 6 fully saturated rings. The Labute approximate surface area is 141 Å². The highest BCUT2D eigenvalue weighted by molar-refractivity contribution is 6.39. The zero-order valence-electron chi connectivity index (χ0n) is 13.8. The molecule has 1 aliphatic heterocycles. The van der Waals surface area contributed by atoms with Gasteiger partial charge in [-0.25, -0.2) is 0 Å². The van der Waals surface area contributed by atoms with Crippen LogP contribution in [0.2, 0.25) is 0 Å². The number of fused-ring (bicyclic) bond motifs is 1. The SMILES string of the molecule is N=C(C(=O)N1C(NC=O)CC2CC21)C12CC3CC(CC(O)(C3)C1)C2. The van der Waals surface area contributed by atoms with Gasteiger partial charge >= 0.3 is 0 Å². The lowest BCUT2D eigenvalue weighted by Gasteiger charge is -2.60. The van der Waals surface area contributed by atoms with Crippen LogP contribution >= 0.6 is 0 Å². The molecule has 0 spiro atoms. The Hall–Kier alpha value is -1.43. The van der Waals surface area contributed by atoms with Crippen molar-refractivity contribution in [3.05, 3.63) is 0 Å². The van der Waals surface area contributed by atoms with Crippen molar-refractivity contribution >= 4 is 18.0 Å². The number of aliphatic hydroxyl groups is 1. The highest BCUT2D eigenvalue weighted by Crippen LogP contribution is 2.62. The van der Waals surface area contributed by atoms with Crippen LogP contribution in [0.5, 0.6) is 0 Å². The van der Waals surface area contributed by atoms with Gasteiger partial charge in [-0.05, 0) is 69.1 Å². The Morgan fingerprint density at radius 3 is 2.50 bits per heavy atom. The van der Waals surface area contributed by atoms with Gasteiger partial charge in [0.1, 0.15) is 11.9 Å². The summed E-state index contributed by atoms with van der Waals surface area (Å²) in [5.74, 6) is 1.20. The van der Waals surface area contributed by atoms with Crippen LogP contribution in [0.25, 0.3) is 0 Å². The van der Waals surface area contributed by atoms with Gasteiger partial charge in [0.2, 0.25) is 6.41 Å². The summed E-state index contributed by atoms with van der Waals surface area (Å²) < 4.78 is 0. The molecule has 0 aromatic rings. The standard InChI is InChI=1S/C18H25N3O3/c19-15(16(23)21-13-2-12(13)3-14(21)20-9-22)17-4-10-1-11(5-17)7-18(24,6-10)8-17/h9-14,19,24H,1-8H2,(H,20,22). The number of nitrogens with zero attached hydrogens (tertiary/aromatic N) is 1. The zero-order valence-corrected chi connectivity index (χ0v) is 13.8. The molecule has 0 aromatic heterocycles. The lowest BCUT2D eigenvalue weighted by Crippen LogP contribution is -2.61. The summed E-state index contributed by atoms with van der Waals surface area (Å²) >= 11 is 0. The molecule has 130 valence electrons. The lowest BCUT2D eigenvalue weighted by atomic mass is 9.46. The van der Waals surface area contributed by atoms with Crippen LogP contribution in [0.1, 0.15) is 51.4 Å². The van der Waals surface area contributed by atoms with E-state index in [2.05, 4.69) is 5.32 Å². The minimum Gasteiger partial charge on any atom is -0.390 e. The van der Waals surface area contributed by atoms with Gasteiger partial charge in [0, 0.05) is 11.5 Å². The van der Waals surface area contributed by atoms with Crippen molar-refractivity contribution in [3.63, 3.8) is 0 Å². The fourth-order valence-corrected chi connectivity index (χ4v) is 6.84. The number of hydrogen-bond acceptors (Lipinski definition) is 4. The lowest BCUT2D eigenvalue weighted by molar-refractivity contribution is -0.146. The molecule has 1 saturated heterocycles. The number of rotatable bonds is 4. The maximum atomic E-state index is 13.2. The van der Waals surface area contributed by atoms with Gasteiger partial charge < -0.3 is 15.3 Å². The molecule has 6 aliphatic rings. The summed E-state index contributed by atoms with van der Waals surface area (Å²) in [6, 6.07) is 0.201. The molecule has 2 amide bonds. The van der Waals surface area contributed by atoms with Crippen molar-refractivity contribution in [1.82, 2.24) is 10.2 Å². The third kappa shape index (κ3) is 1.95. The number of hydrogen-bond donors (Lipinski definition) is 3. The predicted molar refractivity (Wildman–Crippen MR) is 86.1 cm³/mol. The molecule has 1 heterocycles. The summed E-state index contributed by atoms with van der Waals surface area (Å²) in [7, 11) is 0. The normalized spacial score (nSPS) is 50.5. The highest BCUT2D eigenvalue weighted by atomic mass is 16.3. The second-order valence-electron chi connectivity index (χ2n) is 9.15. The number of nitrogens with one attached hydrogen (secondary N) is 2. The van der Waals surface area contributed by atoms with Crippen LogP contribution in [0.15, 0.2) is 0 Å². The van der Waals surface area contributed by atoms with Gasteiger partial charge in [-0.2, -0.15) is 0 Å². The number of amides is 2. The van der Waals surface area contributed by atoms with Crippen LogP contribution in [0.4, 0.5) is 0 Å². The van der Waals surface area contributed by atoms with E-state index in [4.69, 9.17) is 5.41 Å². The Morgan fingerprint density at radius 1 is 1.17 bits per heavy atom. The molecule has 5 saturated carbocycles. The number of carbonyl (C=O) groups is 2. The molecule has 5 atom stereocenters. The van der Waals surface area contributed by atoms with E-state index in [-0.39, 0.29) is 23.8 Å². The fourth-order valence-electron chi connectivity index (χ4n) is 6.84. The van der Waals surface area contributed by atoms with Crippen LogP contribution < -0.4 is 5.32 Å². The van der Waals surface area contributed by atoms with Gasteiger partial charge in [-0.15, -0.1) is 0 Å². The van der Waals surface area contributed by atoms with Crippen LogP contribution in [-0.2, 0) is 9.59 Å². The predicted octanol–water partition coefficient (Wildman–Crippen LogP) is 1.03. The topological polar surface area (TPSA) is 93.5 Å². The van der Waals surface area contributed by atoms with E-state index in [9.17, 15) is 14.7 Å². The summed E-state index contributed by atoms with van der Waals surface area (Å²) in [4.78, 5) is 25.8. The van der Waals surface area contributed by atoms with Crippen LogP contribution in [0, 0.1) is 28.6 Å². The van der Waals surface area contributed by atoms with Gasteiger partial charge in [-0.1, -0.05) is 0 Å². The van der Waals surface area contributed by atoms with Crippen molar-refractivity contribution in [2.24, 2.45) is 23.2 Å². The summed E-state index contributed by atoms with van der Waals surface area (Å²) in [5.41, 5.74) is -0.904. The average molecular weight is 331 g/mol. The minimum atomic E-state index is -0.662. The molecular formula is C18H25N3O3. The molecule has 24 heavy (non-hydrogen) atoms. The second kappa shape index (κ2) is 4.59. The van der Waals surface area contributed by atoms with Crippen molar-refractivity contribution in [2.45, 2.75) is 69.2 Å². The number of carbonyl (C=O) groups excluding carboxylic acids is 2. The van der Waals surface area contributed by atoms with E-state index in [0.717, 1.165) is 44.9 Å². The Kier molecular flexibility index (Phi) is 2.85. The van der Waals surface area contributed by atoms with Crippen molar-refractivity contribution in [3.8, 4) is 0 Å². The van der Waals surface area contributed by atoms with Gasteiger partial charge in [0.15, 0.2) is 0 Å². The first-order chi connectivity index (χ1) is 11.4. The second-order valence-corrected chi connectivity index (χ2v) is 9.15. The van der Waals surface area contributed by atoms with Crippen LogP contribution in [0.3, 0.4) is 0 Å². The molecule has 0 aromatic carbocycles. The van der Waals surface area contributed by atoms with Gasteiger partial charge in [0.05, 0.1) is 5.60 Å². The first-order valence-electron chi connectivity index (χ1n) is 9.27. The van der Waals surface area contributed by atoms with Crippen LogP contribution in [-0.4, -0.2) is 45.8 Å². The van der Waals surface area contributed by atoms with E-state index in [0.29, 0.717) is 30.6 Å². The molecule has 6 rings (SSSR count). The van der Waals surface area contributed by atoms with E-state index in [1.54, 1.807) is 4.90 Å². The quantitative estimate of drug-likeness (QED) is 0.530. The Balaban J connectivity index is 1.42. The third-order valence-corrected chi connectivity index (χ3v) is 7.37. The number of piperidine rings is 1. The molecule has 5 unspecified atom stereocenters. The largest absolute Gasteiger partial charge is 0.390 e. The van der Waals surface area contributed by atoms with Gasteiger partial charge in [0.25, 0.3) is 5.91 Å².